The summed E-state index contributed by atoms with van der Waals surface area (Å²) in [7, 11) is 1.59. The Morgan fingerprint density at radius 3 is 2.50 bits per heavy atom. The van der Waals surface area contributed by atoms with Gasteiger partial charge in [-0.1, -0.05) is 12.1 Å². The van der Waals surface area contributed by atoms with Gasteiger partial charge in [-0.05, 0) is 24.3 Å². The van der Waals surface area contributed by atoms with Crippen LogP contribution in [0.1, 0.15) is 16.8 Å². The van der Waals surface area contributed by atoms with Crippen molar-refractivity contribution in [2.45, 2.75) is 6.42 Å². The van der Waals surface area contributed by atoms with Gasteiger partial charge in [0.05, 0.1) is 11.5 Å². The maximum absolute atomic E-state index is 13.4. The number of hydrogen-bond donors (Lipinski definition) is 1. The lowest BCUT2D eigenvalue weighted by Gasteiger charge is -2.17. The van der Waals surface area contributed by atoms with E-state index in [0.717, 1.165) is 0 Å². The summed E-state index contributed by atoms with van der Waals surface area (Å²) in [5.74, 6) is -0.974. The van der Waals surface area contributed by atoms with Crippen molar-refractivity contribution in [2.24, 2.45) is 0 Å². The summed E-state index contributed by atoms with van der Waals surface area (Å²) in [4.78, 5) is 35.5. The van der Waals surface area contributed by atoms with Crippen molar-refractivity contribution < 1.29 is 23.6 Å². The first-order valence-corrected chi connectivity index (χ1v) is 8.52. The fourth-order valence-electron chi connectivity index (χ4n) is 2.29. The molecular weight excluding hydrogens is 369 g/mol. The lowest BCUT2D eigenvalue weighted by molar-refractivity contribution is -0.384. The molecule has 0 aromatic heterocycles. The molecule has 0 aliphatic carbocycles. The largest absolute Gasteiger partial charge is 0.489 e. The molecule has 0 fully saturated rings. The molecule has 9 heteroatoms. The van der Waals surface area contributed by atoms with E-state index >= 15 is 0 Å². The van der Waals surface area contributed by atoms with E-state index in [0.29, 0.717) is 0 Å². The topological polar surface area (TPSA) is 102 Å². The molecule has 0 bridgehead atoms. The highest BCUT2D eigenvalue weighted by molar-refractivity contribution is 5.94. The van der Waals surface area contributed by atoms with Gasteiger partial charge < -0.3 is 15.0 Å². The monoisotopic (exact) mass is 389 g/mol. The van der Waals surface area contributed by atoms with Gasteiger partial charge >= 0.3 is 0 Å². The van der Waals surface area contributed by atoms with Gasteiger partial charge in [0.15, 0.2) is 11.6 Å². The molecule has 2 amide bonds. The highest BCUT2D eigenvalue weighted by atomic mass is 19.1. The summed E-state index contributed by atoms with van der Waals surface area (Å²) in [6, 6.07) is 11.2. The summed E-state index contributed by atoms with van der Waals surface area (Å²) in [5.41, 5.74) is 0.163. The fraction of sp³-hybridized carbons (Fsp3) is 0.263. The minimum atomic E-state index is -0.550. The van der Waals surface area contributed by atoms with E-state index in [9.17, 15) is 24.1 Å². The van der Waals surface area contributed by atoms with Gasteiger partial charge in [0.1, 0.15) is 6.61 Å². The Labute approximate surface area is 161 Å². The van der Waals surface area contributed by atoms with Crippen molar-refractivity contribution in [3.05, 3.63) is 70.0 Å². The Hall–Kier alpha value is -3.49. The number of nitrogens with zero attached hydrogens (tertiary/aromatic N) is 2. The van der Waals surface area contributed by atoms with Crippen molar-refractivity contribution in [1.82, 2.24) is 10.2 Å². The third kappa shape index (κ3) is 6.04. The van der Waals surface area contributed by atoms with E-state index in [1.807, 2.05) is 0 Å². The van der Waals surface area contributed by atoms with Crippen LogP contribution in [0.15, 0.2) is 48.5 Å². The highest BCUT2D eigenvalue weighted by Crippen LogP contribution is 2.15. The smallest absolute Gasteiger partial charge is 0.269 e. The number of para-hydroxylation sites is 1. The third-order valence-electron chi connectivity index (χ3n) is 3.91. The average Bonchev–Trinajstić information content (AvgIpc) is 2.69. The number of amides is 2. The van der Waals surface area contributed by atoms with Crippen LogP contribution in [-0.2, 0) is 4.79 Å². The standard InChI is InChI=1S/C19H20FN3O5/c1-22(12-13-28-17-5-3-2-4-16(17)20)18(24)10-11-21-19(25)14-6-8-15(9-7-14)23(26)27/h2-9H,10-13H2,1H3,(H,21,25). The van der Waals surface area contributed by atoms with E-state index < -0.39 is 16.6 Å². The fourth-order valence-corrected chi connectivity index (χ4v) is 2.29. The molecule has 0 spiro atoms. The average molecular weight is 389 g/mol. The maximum Gasteiger partial charge on any atom is 0.269 e. The first kappa shape index (κ1) is 20.8. The molecule has 0 aliphatic heterocycles. The number of nitro groups is 1. The molecule has 0 unspecified atom stereocenters. The molecule has 2 aromatic rings. The molecule has 0 heterocycles. The zero-order valence-corrected chi connectivity index (χ0v) is 15.3. The van der Waals surface area contributed by atoms with Crippen molar-refractivity contribution in [3.63, 3.8) is 0 Å². The Balaban J connectivity index is 1.70. The normalized spacial score (nSPS) is 10.2. The number of likely N-dealkylation sites (N-methyl/N-ethyl adjacent to an activating group) is 1. The lowest BCUT2D eigenvalue weighted by atomic mass is 10.2. The van der Waals surface area contributed by atoms with Gasteiger partial charge in [-0.3, -0.25) is 19.7 Å². The van der Waals surface area contributed by atoms with Gasteiger partial charge in [-0.15, -0.1) is 0 Å². The third-order valence-corrected chi connectivity index (χ3v) is 3.91. The van der Waals surface area contributed by atoms with Gasteiger partial charge in [0.2, 0.25) is 5.91 Å². The number of benzene rings is 2. The number of non-ortho nitro benzene ring substituents is 1. The Kier molecular flexibility index (Phi) is 7.44. The summed E-state index contributed by atoms with van der Waals surface area (Å²) < 4.78 is 18.7. The molecule has 0 saturated heterocycles. The number of halogens is 1. The summed E-state index contributed by atoms with van der Waals surface area (Å²) in [6.45, 7) is 0.523. The second kappa shape index (κ2) is 10.0. The summed E-state index contributed by atoms with van der Waals surface area (Å²) >= 11 is 0. The lowest BCUT2D eigenvalue weighted by Crippen LogP contribution is -2.34. The van der Waals surface area contributed by atoms with Crippen LogP contribution >= 0.6 is 0 Å². The van der Waals surface area contributed by atoms with Crippen LogP contribution in [0.2, 0.25) is 0 Å². The van der Waals surface area contributed by atoms with Crippen LogP contribution in [0.4, 0.5) is 10.1 Å². The number of nitrogens with one attached hydrogen (secondary N) is 1. The zero-order valence-electron chi connectivity index (χ0n) is 15.3. The SMILES string of the molecule is CN(CCOc1ccccc1F)C(=O)CCNC(=O)c1ccc([N+](=O)[O-])cc1. The molecule has 2 aromatic carbocycles. The van der Waals surface area contributed by atoms with Crippen LogP contribution in [0.5, 0.6) is 5.75 Å². The van der Waals surface area contributed by atoms with E-state index in [1.54, 1.807) is 19.2 Å². The molecule has 0 saturated carbocycles. The Morgan fingerprint density at radius 1 is 1.18 bits per heavy atom. The number of nitro benzene ring substituents is 1. The molecule has 148 valence electrons. The van der Waals surface area contributed by atoms with Crippen molar-refractivity contribution in [2.75, 3.05) is 26.7 Å². The second-order valence-electron chi connectivity index (χ2n) is 5.90. The van der Waals surface area contributed by atoms with Crippen LogP contribution in [-0.4, -0.2) is 48.4 Å². The van der Waals surface area contributed by atoms with Crippen LogP contribution in [0.3, 0.4) is 0 Å². The van der Waals surface area contributed by atoms with Gasteiger partial charge in [-0.2, -0.15) is 0 Å². The molecule has 28 heavy (non-hydrogen) atoms. The number of carbonyl (C=O) groups excluding carboxylic acids is 2. The zero-order chi connectivity index (χ0) is 20.5. The first-order chi connectivity index (χ1) is 13.4. The molecule has 0 radical (unpaired) electrons. The van der Waals surface area contributed by atoms with Crippen molar-refractivity contribution in [3.8, 4) is 5.75 Å². The van der Waals surface area contributed by atoms with Crippen LogP contribution < -0.4 is 10.1 Å². The molecule has 0 atom stereocenters. The second-order valence-corrected chi connectivity index (χ2v) is 5.90. The number of ether oxygens (including phenoxy) is 1. The predicted octanol–water partition coefficient (Wildman–Crippen LogP) is 2.39. The van der Waals surface area contributed by atoms with Crippen molar-refractivity contribution in [1.29, 1.82) is 0 Å². The van der Waals surface area contributed by atoms with Gasteiger partial charge in [0.25, 0.3) is 11.6 Å². The summed E-state index contributed by atoms with van der Waals surface area (Å²) in [5, 5.41) is 13.2. The van der Waals surface area contributed by atoms with Gasteiger partial charge in [0, 0.05) is 37.7 Å². The Bertz CT molecular complexity index is 842. The van der Waals surface area contributed by atoms with E-state index in [1.165, 1.54) is 41.3 Å². The van der Waals surface area contributed by atoms with Gasteiger partial charge in [-0.25, -0.2) is 4.39 Å². The Morgan fingerprint density at radius 2 is 1.86 bits per heavy atom. The summed E-state index contributed by atoms with van der Waals surface area (Å²) in [6.07, 6.45) is 0.0783. The van der Waals surface area contributed by atoms with E-state index in [4.69, 9.17) is 4.74 Å². The van der Waals surface area contributed by atoms with Crippen molar-refractivity contribution >= 4 is 17.5 Å². The van der Waals surface area contributed by atoms with Crippen LogP contribution in [0.25, 0.3) is 0 Å². The molecule has 8 nitrogen and oxygen atoms in total. The molecular formula is C19H20FN3O5. The molecule has 0 aliphatic rings. The number of hydrogen-bond acceptors (Lipinski definition) is 5. The quantitative estimate of drug-likeness (QED) is 0.524. The first-order valence-electron chi connectivity index (χ1n) is 8.52. The van der Waals surface area contributed by atoms with Crippen LogP contribution in [0, 0.1) is 15.9 Å². The number of rotatable bonds is 9. The minimum Gasteiger partial charge on any atom is -0.489 e. The number of carbonyl (C=O) groups is 2. The minimum absolute atomic E-state index is 0.0783. The molecule has 2 rings (SSSR count). The van der Waals surface area contributed by atoms with E-state index in [-0.39, 0.29) is 49.0 Å². The molecule has 1 N–H and O–H groups in total. The predicted molar refractivity (Wildman–Crippen MR) is 99.6 cm³/mol. The maximum atomic E-state index is 13.4. The highest BCUT2D eigenvalue weighted by Gasteiger charge is 2.12. The van der Waals surface area contributed by atoms with E-state index in [2.05, 4.69) is 5.32 Å².